The molecule has 198 valence electrons. The van der Waals surface area contributed by atoms with Crippen molar-refractivity contribution in [3.8, 4) is 11.1 Å². The molecule has 6 rings (SSSR count). The van der Waals surface area contributed by atoms with E-state index >= 15 is 0 Å². The summed E-state index contributed by atoms with van der Waals surface area (Å²) in [6.07, 6.45) is -6.16. The van der Waals surface area contributed by atoms with Crippen LogP contribution in [0.25, 0.3) is 11.1 Å². The van der Waals surface area contributed by atoms with E-state index in [2.05, 4.69) is 5.10 Å². The Hall–Kier alpha value is -4.60. The Morgan fingerprint density at radius 2 is 1.51 bits per heavy atom. The number of carbonyl (C=O) groups excluding carboxylic acids is 1. The van der Waals surface area contributed by atoms with Gasteiger partial charge in [0.1, 0.15) is 12.4 Å². The van der Waals surface area contributed by atoms with E-state index in [1.165, 1.54) is 0 Å². The van der Waals surface area contributed by atoms with Crippen LogP contribution in [0.3, 0.4) is 0 Å². The van der Waals surface area contributed by atoms with Gasteiger partial charge in [-0.15, -0.1) is 0 Å². The third-order valence-corrected chi connectivity index (χ3v) is 7.33. The average Bonchev–Trinajstić information content (AvgIpc) is 3.51. The number of aromatic carboxylic acids is 1. The lowest BCUT2D eigenvalue weighted by atomic mass is 9.95. The van der Waals surface area contributed by atoms with E-state index in [-0.39, 0.29) is 18.3 Å². The van der Waals surface area contributed by atoms with Gasteiger partial charge < -0.3 is 9.84 Å². The molecule has 4 aromatic rings. The zero-order chi connectivity index (χ0) is 27.3. The van der Waals surface area contributed by atoms with Gasteiger partial charge in [0, 0.05) is 18.4 Å². The van der Waals surface area contributed by atoms with Crippen molar-refractivity contribution in [3.63, 3.8) is 0 Å². The molecule has 0 saturated carbocycles. The van der Waals surface area contributed by atoms with Gasteiger partial charge >= 0.3 is 18.2 Å². The average molecular weight is 534 g/mol. The zero-order valence-electron chi connectivity index (χ0n) is 20.4. The van der Waals surface area contributed by atoms with Crippen molar-refractivity contribution in [1.29, 1.82) is 0 Å². The molecule has 7 nitrogen and oxygen atoms in total. The summed E-state index contributed by atoms with van der Waals surface area (Å²) in [7, 11) is 0. The molecule has 0 saturated heterocycles. The fourth-order valence-corrected chi connectivity index (χ4v) is 5.59. The van der Waals surface area contributed by atoms with Crippen molar-refractivity contribution in [2.45, 2.75) is 30.6 Å². The van der Waals surface area contributed by atoms with E-state index < -0.39 is 42.4 Å². The fraction of sp³-hybridized carbons (Fsp3) is 0.207. The summed E-state index contributed by atoms with van der Waals surface area (Å²) in [5.41, 5.74) is 3.91. The summed E-state index contributed by atoms with van der Waals surface area (Å²) in [5, 5.41) is 13.2. The van der Waals surface area contributed by atoms with Crippen LogP contribution < -0.4 is 4.90 Å². The molecule has 0 radical (unpaired) electrons. The Morgan fingerprint density at radius 1 is 0.923 bits per heavy atom. The summed E-state index contributed by atoms with van der Waals surface area (Å²) in [4.78, 5) is 26.4. The molecule has 1 N–H and O–H groups in total. The lowest BCUT2D eigenvalue weighted by molar-refractivity contribution is -0.174. The van der Waals surface area contributed by atoms with Gasteiger partial charge in [0.15, 0.2) is 11.7 Å². The molecular formula is C29H22F3N3O4. The summed E-state index contributed by atoms with van der Waals surface area (Å²) in [5.74, 6) is -2.04. The van der Waals surface area contributed by atoms with E-state index in [1.54, 1.807) is 30.3 Å². The molecule has 0 spiro atoms. The maximum atomic E-state index is 14.1. The second-order valence-corrected chi connectivity index (χ2v) is 9.53. The van der Waals surface area contributed by atoms with Gasteiger partial charge in [0.25, 0.3) is 0 Å². The lowest BCUT2D eigenvalue weighted by Gasteiger charge is -2.39. The highest BCUT2D eigenvalue weighted by Gasteiger charge is 2.50. The molecule has 39 heavy (non-hydrogen) atoms. The highest BCUT2D eigenvalue weighted by atomic mass is 19.4. The first-order chi connectivity index (χ1) is 18.7. The number of rotatable bonds is 4. The standard InChI is InChI=1S/C29H22F3N3O4/c30-29(31,32)25-15-24(17-8-2-1-3-9-17)34(26-14-23(27(36)37)33-35(25)26)28(38)39-16-22-20-12-6-4-10-18(20)19-11-5-7-13-21(19)22/h1-14,22,24-25H,15-16H2,(H,36,37)/t24-,25+/m1/s1. The summed E-state index contributed by atoms with van der Waals surface area (Å²) in [6.45, 7) is -0.0481. The number of aromatic nitrogens is 2. The number of nitrogens with zero attached hydrogens (tertiary/aromatic N) is 3. The number of anilines is 1. The number of carboxylic acids is 1. The molecule has 0 unspecified atom stereocenters. The quantitative estimate of drug-likeness (QED) is 0.320. The highest BCUT2D eigenvalue weighted by Crippen LogP contribution is 2.48. The number of halogens is 3. The van der Waals surface area contributed by atoms with Crippen LogP contribution in [0.15, 0.2) is 84.9 Å². The van der Waals surface area contributed by atoms with E-state index in [1.807, 2.05) is 48.5 Å². The van der Waals surface area contributed by atoms with Crippen LogP contribution in [0.4, 0.5) is 23.8 Å². The maximum absolute atomic E-state index is 14.1. The number of carbonyl (C=O) groups is 2. The van der Waals surface area contributed by atoms with Crippen molar-refractivity contribution in [2.75, 3.05) is 11.5 Å². The summed E-state index contributed by atoms with van der Waals surface area (Å²) >= 11 is 0. The van der Waals surface area contributed by atoms with Crippen LogP contribution in [-0.2, 0) is 4.74 Å². The first-order valence-corrected chi connectivity index (χ1v) is 12.3. The number of amides is 1. The van der Waals surface area contributed by atoms with Gasteiger partial charge in [-0.25, -0.2) is 14.3 Å². The first-order valence-electron chi connectivity index (χ1n) is 12.3. The molecule has 1 amide bonds. The third-order valence-electron chi connectivity index (χ3n) is 7.33. The molecule has 2 aliphatic rings. The minimum atomic E-state index is -4.73. The van der Waals surface area contributed by atoms with Crippen molar-refractivity contribution >= 4 is 17.9 Å². The van der Waals surface area contributed by atoms with Gasteiger partial charge in [-0.1, -0.05) is 78.9 Å². The molecule has 0 bridgehead atoms. The first kappa shape index (κ1) is 24.7. The summed E-state index contributed by atoms with van der Waals surface area (Å²) in [6, 6.07) is 21.7. The lowest BCUT2D eigenvalue weighted by Crippen LogP contribution is -2.45. The summed E-state index contributed by atoms with van der Waals surface area (Å²) < 4.78 is 48.8. The van der Waals surface area contributed by atoms with E-state index in [0.29, 0.717) is 10.2 Å². The van der Waals surface area contributed by atoms with Crippen LogP contribution >= 0.6 is 0 Å². The second-order valence-electron chi connectivity index (χ2n) is 9.53. The number of carboxylic acid groups (broad SMARTS) is 1. The monoisotopic (exact) mass is 533 g/mol. The normalized spacial score (nSPS) is 18.3. The molecule has 10 heteroatoms. The van der Waals surface area contributed by atoms with E-state index in [0.717, 1.165) is 33.2 Å². The van der Waals surface area contributed by atoms with Crippen LogP contribution in [0, 0.1) is 0 Å². The van der Waals surface area contributed by atoms with Gasteiger partial charge in [0.05, 0.1) is 6.04 Å². The van der Waals surface area contributed by atoms with Gasteiger partial charge in [0.2, 0.25) is 0 Å². The number of alkyl halides is 3. The fourth-order valence-electron chi connectivity index (χ4n) is 5.59. The predicted octanol–water partition coefficient (Wildman–Crippen LogP) is 6.59. The van der Waals surface area contributed by atoms with Crippen LogP contribution in [0.1, 0.15) is 51.6 Å². The number of hydrogen-bond acceptors (Lipinski definition) is 4. The molecular weight excluding hydrogens is 511 g/mol. The Bertz CT molecular complexity index is 1520. The van der Waals surface area contributed by atoms with E-state index in [9.17, 15) is 27.9 Å². The molecule has 0 fully saturated rings. The Balaban J connectivity index is 1.38. The van der Waals surface area contributed by atoms with Crippen LogP contribution in [0.2, 0.25) is 0 Å². The largest absolute Gasteiger partial charge is 0.476 e. The Kier molecular flexibility index (Phi) is 5.90. The maximum Gasteiger partial charge on any atom is 0.416 e. The van der Waals surface area contributed by atoms with Crippen molar-refractivity contribution in [2.24, 2.45) is 0 Å². The van der Waals surface area contributed by atoms with E-state index in [4.69, 9.17) is 4.74 Å². The van der Waals surface area contributed by atoms with Gasteiger partial charge in [-0.05, 0) is 27.8 Å². The van der Waals surface area contributed by atoms with Gasteiger partial charge in [-0.2, -0.15) is 18.3 Å². The van der Waals surface area contributed by atoms with Crippen molar-refractivity contribution in [1.82, 2.24) is 9.78 Å². The van der Waals surface area contributed by atoms with Crippen molar-refractivity contribution < 1.29 is 32.6 Å². The number of ether oxygens (including phenoxy) is 1. The predicted molar refractivity (Wildman–Crippen MR) is 136 cm³/mol. The minimum Gasteiger partial charge on any atom is -0.476 e. The van der Waals surface area contributed by atoms with Crippen LogP contribution in [-0.4, -0.2) is 39.7 Å². The Morgan fingerprint density at radius 3 is 2.10 bits per heavy atom. The zero-order valence-corrected chi connectivity index (χ0v) is 20.4. The molecule has 1 aromatic heterocycles. The smallest absolute Gasteiger partial charge is 0.416 e. The van der Waals surface area contributed by atoms with Gasteiger partial charge in [-0.3, -0.25) is 4.90 Å². The number of fused-ring (bicyclic) bond motifs is 4. The number of benzene rings is 3. The third kappa shape index (κ3) is 4.21. The topological polar surface area (TPSA) is 84.7 Å². The highest BCUT2D eigenvalue weighted by molar-refractivity contribution is 5.92. The molecule has 1 aliphatic heterocycles. The molecule has 3 aromatic carbocycles. The Labute approximate surface area is 221 Å². The SMILES string of the molecule is O=C(O)c1cc2n(n1)[C@H](C(F)(F)F)C[C@H](c1ccccc1)N2C(=O)OCC1c2ccccc2-c2ccccc21. The molecule has 2 atom stereocenters. The second kappa shape index (κ2) is 9.30. The minimum absolute atomic E-state index is 0.0481. The van der Waals surface area contributed by atoms with Crippen molar-refractivity contribution in [3.05, 3.63) is 107 Å². The number of hydrogen-bond donors (Lipinski definition) is 1. The van der Waals surface area contributed by atoms with Crippen LogP contribution in [0.5, 0.6) is 0 Å². The molecule has 1 aliphatic carbocycles. The molecule has 2 heterocycles.